The molecule has 1 aliphatic carbocycles. The minimum absolute atomic E-state index is 0.134. The number of nitrogens with zero attached hydrogens (tertiary/aromatic N) is 1. The highest BCUT2D eigenvalue weighted by Crippen LogP contribution is 2.49. The SMILES string of the molecule is CC(C)(C)OC(=O)N1C2CC(F)(C2)[C@H](N)[C@@H]1Cc1cccc(-c2ccccc2)c1F. The van der Waals surface area contributed by atoms with Gasteiger partial charge in [-0.1, -0.05) is 48.5 Å². The molecule has 2 N–H and O–H groups in total. The third-order valence-electron chi connectivity index (χ3n) is 6.11. The molecule has 3 fully saturated rings. The van der Waals surface area contributed by atoms with Gasteiger partial charge in [-0.25, -0.2) is 13.6 Å². The van der Waals surface area contributed by atoms with Gasteiger partial charge in [0.05, 0.1) is 12.1 Å². The maximum absolute atomic E-state index is 15.4. The molecular formula is C24H28F2N2O2. The standard InChI is InChI=1S/C24H28F2N2O2/c1-23(2,3)30-22(29)28-17-13-24(26,14-17)21(27)19(28)12-16-10-7-11-18(20(16)25)15-8-5-4-6-9-15/h4-11,17,19,21H,12-14,27H2,1-3H3/t17?,19-,21+,24?/m0/s1. The number of carbonyl (C=O) groups is 1. The second kappa shape index (κ2) is 7.34. The molecule has 5 rings (SSSR count). The number of hydrogen-bond acceptors (Lipinski definition) is 3. The van der Waals surface area contributed by atoms with Crippen molar-refractivity contribution in [1.29, 1.82) is 0 Å². The van der Waals surface area contributed by atoms with Crippen LogP contribution in [0.3, 0.4) is 0 Å². The van der Waals surface area contributed by atoms with Crippen LogP contribution in [0.4, 0.5) is 13.6 Å². The Morgan fingerprint density at radius 2 is 1.83 bits per heavy atom. The van der Waals surface area contributed by atoms with Crippen molar-refractivity contribution in [3.05, 3.63) is 59.9 Å². The van der Waals surface area contributed by atoms with E-state index in [-0.39, 0.29) is 31.1 Å². The topological polar surface area (TPSA) is 55.6 Å². The summed E-state index contributed by atoms with van der Waals surface area (Å²) >= 11 is 0. The van der Waals surface area contributed by atoms with E-state index in [1.54, 1.807) is 43.9 Å². The molecule has 160 valence electrons. The summed E-state index contributed by atoms with van der Waals surface area (Å²) in [5.41, 5.74) is 5.74. The average Bonchev–Trinajstić information content (AvgIpc) is 2.65. The van der Waals surface area contributed by atoms with E-state index in [0.29, 0.717) is 11.1 Å². The van der Waals surface area contributed by atoms with Gasteiger partial charge in [0, 0.05) is 24.4 Å². The maximum atomic E-state index is 15.4. The van der Waals surface area contributed by atoms with Crippen LogP contribution in [0.25, 0.3) is 11.1 Å². The van der Waals surface area contributed by atoms with Gasteiger partial charge < -0.3 is 10.5 Å². The molecule has 0 unspecified atom stereocenters. The van der Waals surface area contributed by atoms with E-state index in [1.807, 2.05) is 30.3 Å². The molecule has 1 amide bonds. The predicted octanol–water partition coefficient (Wildman–Crippen LogP) is 4.85. The number of hydrogen-bond donors (Lipinski definition) is 1. The monoisotopic (exact) mass is 414 g/mol. The largest absolute Gasteiger partial charge is 0.444 e. The van der Waals surface area contributed by atoms with Crippen LogP contribution in [0.5, 0.6) is 0 Å². The second-order valence-corrected chi connectivity index (χ2v) is 9.43. The van der Waals surface area contributed by atoms with Crippen LogP contribution in [-0.4, -0.2) is 40.4 Å². The summed E-state index contributed by atoms with van der Waals surface area (Å²) in [5, 5.41) is 0. The molecule has 2 aromatic carbocycles. The Bertz CT molecular complexity index is 936. The van der Waals surface area contributed by atoms with Crippen molar-refractivity contribution in [1.82, 2.24) is 4.90 Å². The molecule has 2 heterocycles. The van der Waals surface area contributed by atoms with Gasteiger partial charge in [-0.15, -0.1) is 0 Å². The van der Waals surface area contributed by atoms with Crippen molar-refractivity contribution in [2.24, 2.45) is 5.73 Å². The van der Waals surface area contributed by atoms with E-state index in [9.17, 15) is 4.79 Å². The van der Waals surface area contributed by atoms with Gasteiger partial charge in [0.25, 0.3) is 0 Å². The zero-order valence-corrected chi connectivity index (χ0v) is 17.6. The predicted molar refractivity (Wildman–Crippen MR) is 112 cm³/mol. The van der Waals surface area contributed by atoms with Crippen LogP contribution >= 0.6 is 0 Å². The van der Waals surface area contributed by atoms with Crippen molar-refractivity contribution in [2.75, 3.05) is 0 Å². The summed E-state index contributed by atoms with van der Waals surface area (Å²) in [4.78, 5) is 14.5. The highest BCUT2D eigenvalue weighted by Gasteiger charge is 2.62. The molecule has 30 heavy (non-hydrogen) atoms. The molecule has 2 saturated heterocycles. The molecule has 6 heteroatoms. The van der Waals surface area contributed by atoms with Crippen molar-refractivity contribution >= 4 is 6.09 Å². The Morgan fingerprint density at radius 1 is 1.17 bits per heavy atom. The number of rotatable bonds is 3. The minimum Gasteiger partial charge on any atom is -0.444 e. The van der Waals surface area contributed by atoms with E-state index in [2.05, 4.69) is 0 Å². The lowest BCUT2D eigenvalue weighted by molar-refractivity contribution is -0.127. The van der Waals surface area contributed by atoms with Crippen molar-refractivity contribution < 1.29 is 18.3 Å². The molecule has 2 aromatic rings. The summed E-state index contributed by atoms with van der Waals surface area (Å²) in [6.45, 7) is 5.35. The molecule has 2 bridgehead atoms. The number of piperidine rings is 2. The number of amides is 1. The number of alkyl halides is 1. The zero-order valence-electron chi connectivity index (χ0n) is 17.6. The Balaban J connectivity index is 1.65. The van der Waals surface area contributed by atoms with Crippen LogP contribution in [0.1, 0.15) is 39.2 Å². The lowest BCUT2D eigenvalue weighted by atomic mass is 9.64. The van der Waals surface area contributed by atoms with Crippen LogP contribution in [0, 0.1) is 5.82 Å². The van der Waals surface area contributed by atoms with Gasteiger partial charge in [0.1, 0.15) is 17.1 Å². The molecule has 0 aromatic heterocycles. The molecule has 2 aliphatic heterocycles. The lowest BCUT2D eigenvalue weighted by Gasteiger charge is -2.59. The first-order valence-corrected chi connectivity index (χ1v) is 10.4. The summed E-state index contributed by atoms with van der Waals surface area (Å²) in [6.07, 6.45) is 0.0245. The molecular weight excluding hydrogens is 386 g/mol. The van der Waals surface area contributed by atoms with Crippen molar-refractivity contribution in [3.63, 3.8) is 0 Å². The van der Waals surface area contributed by atoms with Crippen LogP contribution < -0.4 is 5.73 Å². The van der Waals surface area contributed by atoms with Gasteiger partial charge in [-0.3, -0.25) is 4.90 Å². The van der Waals surface area contributed by atoms with Gasteiger partial charge in [0.2, 0.25) is 0 Å². The van der Waals surface area contributed by atoms with Crippen molar-refractivity contribution in [2.45, 2.75) is 69.4 Å². The molecule has 4 nitrogen and oxygen atoms in total. The summed E-state index contributed by atoms with van der Waals surface area (Å²) in [5.74, 6) is -0.368. The highest BCUT2D eigenvalue weighted by molar-refractivity contribution is 5.70. The first kappa shape index (κ1) is 20.8. The summed E-state index contributed by atoms with van der Waals surface area (Å²) in [7, 11) is 0. The van der Waals surface area contributed by atoms with Gasteiger partial charge >= 0.3 is 6.09 Å². The number of benzene rings is 2. The molecule has 2 atom stereocenters. The number of ether oxygens (including phenoxy) is 1. The molecule has 0 radical (unpaired) electrons. The zero-order chi connectivity index (χ0) is 21.7. The van der Waals surface area contributed by atoms with E-state index in [4.69, 9.17) is 10.5 Å². The van der Waals surface area contributed by atoms with Crippen LogP contribution in [0.15, 0.2) is 48.5 Å². The Kier molecular flexibility index (Phi) is 5.09. The van der Waals surface area contributed by atoms with Gasteiger partial charge in [-0.2, -0.15) is 0 Å². The quantitative estimate of drug-likeness (QED) is 0.781. The van der Waals surface area contributed by atoms with E-state index >= 15 is 8.78 Å². The normalized spacial score (nSPS) is 28.1. The second-order valence-electron chi connectivity index (χ2n) is 9.43. The van der Waals surface area contributed by atoms with E-state index < -0.39 is 29.4 Å². The molecule has 3 aliphatic rings. The maximum Gasteiger partial charge on any atom is 0.410 e. The van der Waals surface area contributed by atoms with Gasteiger partial charge in [0.15, 0.2) is 0 Å². The number of nitrogens with two attached hydrogens (primary N) is 1. The Hall–Kier alpha value is -2.47. The molecule has 0 spiro atoms. The minimum atomic E-state index is -1.51. The van der Waals surface area contributed by atoms with E-state index in [0.717, 1.165) is 5.56 Å². The number of halogens is 2. The number of fused-ring (bicyclic) bond motifs is 2. The third kappa shape index (κ3) is 3.69. The molecule has 1 saturated carbocycles. The van der Waals surface area contributed by atoms with Crippen molar-refractivity contribution in [3.8, 4) is 11.1 Å². The summed E-state index contributed by atoms with van der Waals surface area (Å²) < 4.78 is 36.0. The highest BCUT2D eigenvalue weighted by atomic mass is 19.1. The van der Waals surface area contributed by atoms with Crippen LogP contribution in [0.2, 0.25) is 0 Å². The lowest BCUT2D eigenvalue weighted by Crippen LogP contribution is -2.76. The average molecular weight is 414 g/mol. The fraction of sp³-hybridized carbons (Fsp3) is 0.458. The fourth-order valence-electron chi connectivity index (χ4n) is 4.61. The Morgan fingerprint density at radius 3 is 2.47 bits per heavy atom. The first-order chi connectivity index (χ1) is 14.1. The van der Waals surface area contributed by atoms with Gasteiger partial charge in [-0.05, 0) is 38.3 Å². The number of carbonyl (C=O) groups excluding carboxylic acids is 1. The van der Waals surface area contributed by atoms with E-state index in [1.165, 1.54) is 0 Å². The van der Waals surface area contributed by atoms with Crippen LogP contribution in [-0.2, 0) is 11.2 Å². The smallest absolute Gasteiger partial charge is 0.410 e. The summed E-state index contributed by atoms with van der Waals surface area (Å²) in [6, 6.07) is 12.6. The fourth-order valence-corrected chi connectivity index (χ4v) is 4.61. The Labute approximate surface area is 176 Å². The first-order valence-electron chi connectivity index (χ1n) is 10.4. The third-order valence-corrected chi connectivity index (χ3v) is 6.11.